The molecule has 2 fully saturated rings. The third kappa shape index (κ3) is 1.81. The maximum absolute atomic E-state index is 9.38. The van der Waals surface area contributed by atoms with Gasteiger partial charge in [0.15, 0.2) is 0 Å². The lowest BCUT2D eigenvalue weighted by Gasteiger charge is -2.48. The maximum atomic E-state index is 9.38. The Labute approximate surface area is 86.5 Å². The van der Waals surface area contributed by atoms with Gasteiger partial charge in [-0.05, 0) is 44.7 Å². The van der Waals surface area contributed by atoms with Crippen LogP contribution in [-0.4, -0.2) is 48.8 Å². The van der Waals surface area contributed by atoms with Gasteiger partial charge in [-0.3, -0.25) is 0 Å². The average molecular weight is 198 g/mol. The molecular formula is C11H22N2O. The number of nitrogens with one attached hydrogen (secondary N) is 1. The smallest absolute Gasteiger partial charge is 0.0466 e. The van der Waals surface area contributed by atoms with Crippen LogP contribution in [0.4, 0.5) is 0 Å². The van der Waals surface area contributed by atoms with Crippen molar-refractivity contribution in [3.8, 4) is 0 Å². The minimum Gasteiger partial charge on any atom is -0.396 e. The average Bonchev–Trinajstić information content (AvgIpc) is 2.15. The van der Waals surface area contributed by atoms with Crippen LogP contribution in [0.3, 0.4) is 0 Å². The normalized spacial score (nSPS) is 39.0. The summed E-state index contributed by atoms with van der Waals surface area (Å²) in [6, 6.07) is 0.651. The Morgan fingerprint density at radius 2 is 1.86 bits per heavy atom. The number of fused-ring (bicyclic) bond motifs is 2. The molecule has 0 aromatic heterocycles. The van der Waals surface area contributed by atoms with Crippen LogP contribution >= 0.6 is 0 Å². The van der Waals surface area contributed by atoms with E-state index in [1.54, 1.807) is 0 Å². The van der Waals surface area contributed by atoms with Crippen molar-refractivity contribution < 1.29 is 5.11 Å². The molecule has 0 aromatic carbocycles. The number of piperidine rings is 2. The van der Waals surface area contributed by atoms with Crippen molar-refractivity contribution >= 4 is 0 Å². The van der Waals surface area contributed by atoms with E-state index in [1.165, 1.54) is 0 Å². The maximum Gasteiger partial charge on any atom is 0.0466 e. The summed E-state index contributed by atoms with van der Waals surface area (Å²) in [5.74, 6) is 1.87. The number of aliphatic hydroxyl groups excluding tert-OH is 1. The molecule has 2 rings (SSSR count). The molecule has 2 heterocycles. The van der Waals surface area contributed by atoms with Crippen molar-refractivity contribution in [1.29, 1.82) is 0 Å². The highest BCUT2D eigenvalue weighted by Gasteiger charge is 2.39. The third-order valence-corrected chi connectivity index (χ3v) is 3.90. The predicted octanol–water partition coefficient (Wildman–Crippen LogP) is 0.155. The zero-order valence-corrected chi connectivity index (χ0v) is 9.24. The first-order valence-corrected chi connectivity index (χ1v) is 5.78. The molecule has 0 spiro atoms. The number of hydrogen-bond acceptors (Lipinski definition) is 3. The van der Waals surface area contributed by atoms with Crippen molar-refractivity contribution in [3.63, 3.8) is 0 Å². The molecule has 0 aromatic rings. The van der Waals surface area contributed by atoms with Crippen LogP contribution in [-0.2, 0) is 0 Å². The van der Waals surface area contributed by atoms with Crippen LogP contribution < -0.4 is 5.32 Å². The largest absolute Gasteiger partial charge is 0.396 e. The van der Waals surface area contributed by atoms with Crippen molar-refractivity contribution in [3.05, 3.63) is 0 Å². The summed E-state index contributed by atoms with van der Waals surface area (Å²) in [6.07, 6.45) is 0. The van der Waals surface area contributed by atoms with E-state index >= 15 is 0 Å². The Balaban J connectivity index is 2.04. The van der Waals surface area contributed by atoms with Crippen molar-refractivity contribution in [1.82, 2.24) is 10.2 Å². The van der Waals surface area contributed by atoms with Gasteiger partial charge in [0, 0.05) is 25.7 Å². The summed E-state index contributed by atoms with van der Waals surface area (Å²) in [5, 5.41) is 12.8. The molecule has 0 aliphatic carbocycles. The molecule has 2 unspecified atom stereocenters. The molecule has 0 radical (unpaired) electrons. The van der Waals surface area contributed by atoms with Crippen LogP contribution in [0.25, 0.3) is 0 Å². The van der Waals surface area contributed by atoms with E-state index in [4.69, 9.17) is 0 Å². The second kappa shape index (κ2) is 4.17. The first-order chi connectivity index (χ1) is 6.72. The highest BCUT2D eigenvalue weighted by molar-refractivity contribution is 4.92. The van der Waals surface area contributed by atoms with Gasteiger partial charge in [-0.1, -0.05) is 0 Å². The van der Waals surface area contributed by atoms with Crippen LogP contribution in [0.1, 0.15) is 13.8 Å². The lowest BCUT2D eigenvalue weighted by atomic mass is 9.75. The van der Waals surface area contributed by atoms with Gasteiger partial charge in [-0.2, -0.15) is 0 Å². The standard InChI is InChI=1S/C11H22N2O/c1-8(2)13-5-9-3-12-4-10(6-13)11(9)7-14/h8-12,14H,3-7H2,1-2H3. The number of aliphatic hydroxyl groups is 1. The molecule has 2 saturated heterocycles. The fraction of sp³-hybridized carbons (Fsp3) is 1.00. The minimum absolute atomic E-state index is 0.378. The van der Waals surface area contributed by atoms with Crippen molar-refractivity contribution in [2.24, 2.45) is 17.8 Å². The van der Waals surface area contributed by atoms with Gasteiger partial charge >= 0.3 is 0 Å². The quantitative estimate of drug-likeness (QED) is 0.663. The monoisotopic (exact) mass is 198 g/mol. The van der Waals surface area contributed by atoms with Crippen LogP contribution in [0.2, 0.25) is 0 Å². The lowest BCUT2D eigenvalue weighted by Crippen LogP contribution is -2.58. The molecular weight excluding hydrogens is 176 g/mol. The first kappa shape index (κ1) is 10.4. The Kier molecular flexibility index (Phi) is 3.10. The highest BCUT2D eigenvalue weighted by atomic mass is 16.3. The van der Waals surface area contributed by atoms with Crippen LogP contribution in [0, 0.1) is 17.8 Å². The molecule has 2 aliphatic heterocycles. The van der Waals surface area contributed by atoms with Gasteiger partial charge in [0.2, 0.25) is 0 Å². The summed E-state index contributed by atoms with van der Waals surface area (Å²) in [6.45, 7) is 9.41. The number of likely N-dealkylation sites (tertiary alicyclic amines) is 1. The Morgan fingerprint density at radius 1 is 1.29 bits per heavy atom. The van der Waals surface area contributed by atoms with E-state index in [0.29, 0.717) is 30.4 Å². The summed E-state index contributed by atoms with van der Waals surface area (Å²) >= 11 is 0. The van der Waals surface area contributed by atoms with Crippen molar-refractivity contribution in [2.45, 2.75) is 19.9 Å². The zero-order valence-electron chi connectivity index (χ0n) is 9.24. The molecule has 2 atom stereocenters. The zero-order chi connectivity index (χ0) is 10.1. The molecule has 2 N–H and O–H groups in total. The molecule has 0 amide bonds. The summed E-state index contributed by atoms with van der Waals surface area (Å²) < 4.78 is 0. The van der Waals surface area contributed by atoms with Gasteiger partial charge in [0.1, 0.15) is 0 Å². The van der Waals surface area contributed by atoms with Crippen molar-refractivity contribution in [2.75, 3.05) is 32.8 Å². The fourth-order valence-electron chi connectivity index (χ4n) is 2.94. The number of rotatable bonds is 2. The number of nitrogens with zero attached hydrogens (tertiary/aromatic N) is 1. The van der Waals surface area contributed by atoms with E-state index in [2.05, 4.69) is 24.1 Å². The molecule has 14 heavy (non-hydrogen) atoms. The Hall–Kier alpha value is -0.120. The van der Waals surface area contributed by atoms with E-state index in [0.717, 1.165) is 26.2 Å². The SMILES string of the molecule is CC(C)N1CC2CNCC(C1)C2CO. The Morgan fingerprint density at radius 3 is 2.29 bits per heavy atom. The molecule has 2 bridgehead atoms. The van der Waals surface area contributed by atoms with Gasteiger partial charge < -0.3 is 15.3 Å². The van der Waals surface area contributed by atoms with Crippen LogP contribution in [0.15, 0.2) is 0 Å². The Bertz CT molecular complexity index is 182. The van der Waals surface area contributed by atoms with Gasteiger partial charge in [-0.15, -0.1) is 0 Å². The van der Waals surface area contributed by atoms with Crippen LogP contribution in [0.5, 0.6) is 0 Å². The minimum atomic E-state index is 0.378. The second-order valence-corrected chi connectivity index (χ2v) is 5.07. The number of hydrogen-bond donors (Lipinski definition) is 2. The summed E-state index contributed by atoms with van der Waals surface area (Å²) in [5.41, 5.74) is 0. The molecule has 0 saturated carbocycles. The molecule has 3 nitrogen and oxygen atoms in total. The summed E-state index contributed by atoms with van der Waals surface area (Å²) in [7, 11) is 0. The second-order valence-electron chi connectivity index (χ2n) is 5.07. The topological polar surface area (TPSA) is 35.5 Å². The summed E-state index contributed by atoms with van der Waals surface area (Å²) in [4.78, 5) is 2.56. The first-order valence-electron chi connectivity index (χ1n) is 5.78. The van der Waals surface area contributed by atoms with E-state index in [-0.39, 0.29) is 0 Å². The lowest BCUT2D eigenvalue weighted by molar-refractivity contribution is -0.00823. The fourth-order valence-corrected chi connectivity index (χ4v) is 2.94. The molecule has 2 aliphatic rings. The van der Waals surface area contributed by atoms with E-state index < -0.39 is 0 Å². The predicted molar refractivity (Wildman–Crippen MR) is 57.1 cm³/mol. The van der Waals surface area contributed by atoms with E-state index in [9.17, 15) is 5.11 Å². The molecule has 82 valence electrons. The molecule has 3 heteroatoms. The third-order valence-electron chi connectivity index (χ3n) is 3.90. The highest BCUT2D eigenvalue weighted by Crippen LogP contribution is 2.31. The van der Waals surface area contributed by atoms with Gasteiger partial charge in [0.25, 0.3) is 0 Å². The van der Waals surface area contributed by atoms with Gasteiger partial charge in [0.05, 0.1) is 0 Å². The van der Waals surface area contributed by atoms with E-state index in [1.807, 2.05) is 0 Å². The van der Waals surface area contributed by atoms with Gasteiger partial charge in [-0.25, -0.2) is 0 Å².